The van der Waals surface area contributed by atoms with Crippen LogP contribution in [0.5, 0.6) is 0 Å². The van der Waals surface area contributed by atoms with Gasteiger partial charge in [-0.15, -0.1) is 0 Å². The van der Waals surface area contributed by atoms with E-state index in [1.165, 1.54) is 17.0 Å². The van der Waals surface area contributed by atoms with Crippen molar-refractivity contribution in [3.63, 3.8) is 0 Å². The van der Waals surface area contributed by atoms with E-state index in [0.717, 1.165) is 19.5 Å². The minimum absolute atomic E-state index is 0.276. The van der Waals surface area contributed by atoms with Crippen molar-refractivity contribution >= 4 is 0 Å². The Morgan fingerprint density at radius 3 is 2.59 bits per heavy atom. The Morgan fingerprint density at radius 2 is 2.12 bits per heavy atom. The van der Waals surface area contributed by atoms with Crippen LogP contribution in [0.1, 0.15) is 52.0 Å². The summed E-state index contributed by atoms with van der Waals surface area (Å²) in [6.07, 6.45) is 3.26. The van der Waals surface area contributed by atoms with Gasteiger partial charge in [-0.05, 0) is 39.8 Å². The van der Waals surface area contributed by atoms with Gasteiger partial charge in [0.2, 0.25) is 0 Å². The van der Waals surface area contributed by atoms with Crippen LogP contribution in [0, 0.1) is 0 Å². The second-order valence-corrected chi connectivity index (χ2v) is 4.51. The lowest BCUT2D eigenvalue weighted by Gasteiger charge is -2.16. The second kappa shape index (κ2) is 6.60. The van der Waals surface area contributed by atoms with Crippen LogP contribution in [0.15, 0.2) is 17.7 Å². The number of aryl methyl sites for hydroxylation is 2. The Morgan fingerprint density at radius 1 is 1.41 bits per heavy atom. The number of allylic oxidation sites excluding steroid dienone is 1. The molecule has 1 N–H and O–H groups in total. The van der Waals surface area contributed by atoms with E-state index in [9.17, 15) is 0 Å². The van der Waals surface area contributed by atoms with E-state index in [4.69, 9.17) is 0 Å². The number of likely N-dealkylation sites (N-methyl/N-ethyl adjacent to an activating group) is 1. The molecule has 1 aromatic heterocycles. The highest BCUT2D eigenvalue weighted by atomic mass is 15.3. The minimum atomic E-state index is 0.276. The van der Waals surface area contributed by atoms with Crippen molar-refractivity contribution in [2.75, 3.05) is 6.54 Å². The first-order chi connectivity index (χ1) is 8.12. The molecular formula is C14H25N3. The minimum Gasteiger partial charge on any atom is -0.306 e. The van der Waals surface area contributed by atoms with Gasteiger partial charge in [0.05, 0.1) is 17.4 Å². The molecular weight excluding hydrogens is 210 g/mol. The summed E-state index contributed by atoms with van der Waals surface area (Å²) in [7, 11) is 0. The van der Waals surface area contributed by atoms with Gasteiger partial charge in [-0.3, -0.25) is 4.68 Å². The van der Waals surface area contributed by atoms with Gasteiger partial charge in [0.15, 0.2) is 0 Å². The predicted octanol–water partition coefficient (Wildman–Crippen LogP) is 3.08. The van der Waals surface area contributed by atoms with E-state index in [1.54, 1.807) is 0 Å². The zero-order valence-electron chi connectivity index (χ0n) is 11.7. The number of hydrogen-bond acceptors (Lipinski definition) is 2. The van der Waals surface area contributed by atoms with Crippen LogP contribution in [0.3, 0.4) is 0 Å². The zero-order chi connectivity index (χ0) is 12.8. The Bertz CT molecular complexity index is 373. The van der Waals surface area contributed by atoms with E-state index in [-0.39, 0.29) is 6.04 Å². The molecule has 0 bridgehead atoms. The largest absolute Gasteiger partial charge is 0.306 e. The van der Waals surface area contributed by atoms with Crippen LogP contribution < -0.4 is 5.32 Å². The van der Waals surface area contributed by atoms with Crippen molar-refractivity contribution in [3.05, 3.63) is 29.1 Å². The van der Waals surface area contributed by atoms with Crippen LogP contribution in [0.2, 0.25) is 0 Å². The smallest absolute Gasteiger partial charge is 0.0680 e. The lowest BCUT2D eigenvalue weighted by molar-refractivity contribution is 0.548. The number of rotatable bonds is 6. The Hall–Kier alpha value is -1.09. The summed E-state index contributed by atoms with van der Waals surface area (Å²) in [5.74, 6) is 0. The predicted molar refractivity (Wildman–Crippen MR) is 73.1 cm³/mol. The van der Waals surface area contributed by atoms with Crippen molar-refractivity contribution in [2.45, 2.75) is 53.6 Å². The molecule has 1 heterocycles. The quantitative estimate of drug-likeness (QED) is 0.768. The van der Waals surface area contributed by atoms with Gasteiger partial charge in [-0.25, -0.2) is 0 Å². The normalized spacial score (nSPS) is 12.5. The van der Waals surface area contributed by atoms with Crippen molar-refractivity contribution in [1.29, 1.82) is 0 Å². The third-order valence-corrected chi connectivity index (χ3v) is 2.77. The third kappa shape index (κ3) is 3.70. The highest BCUT2D eigenvalue weighted by Gasteiger charge is 2.14. The molecule has 0 saturated heterocycles. The molecule has 0 radical (unpaired) electrons. The van der Waals surface area contributed by atoms with E-state index >= 15 is 0 Å². The van der Waals surface area contributed by atoms with Crippen LogP contribution in [0.4, 0.5) is 0 Å². The molecule has 0 spiro atoms. The van der Waals surface area contributed by atoms with E-state index in [0.29, 0.717) is 0 Å². The summed E-state index contributed by atoms with van der Waals surface area (Å²) in [4.78, 5) is 0. The molecule has 1 atom stereocenters. The molecule has 3 heteroatoms. The molecule has 0 saturated carbocycles. The Balaban J connectivity index is 3.07. The van der Waals surface area contributed by atoms with Gasteiger partial charge >= 0.3 is 0 Å². The molecule has 0 aromatic carbocycles. The highest BCUT2D eigenvalue weighted by Crippen LogP contribution is 2.18. The van der Waals surface area contributed by atoms with Gasteiger partial charge in [0.25, 0.3) is 0 Å². The maximum atomic E-state index is 4.61. The maximum Gasteiger partial charge on any atom is 0.0680 e. The van der Waals surface area contributed by atoms with Gasteiger partial charge in [0.1, 0.15) is 0 Å². The lowest BCUT2D eigenvalue weighted by atomic mass is 10.1. The Labute approximate surface area is 105 Å². The van der Waals surface area contributed by atoms with E-state index < -0.39 is 0 Å². The van der Waals surface area contributed by atoms with Crippen LogP contribution >= 0.6 is 0 Å². The molecule has 3 nitrogen and oxygen atoms in total. The summed E-state index contributed by atoms with van der Waals surface area (Å²) in [6, 6.07) is 2.49. The SMILES string of the molecule is CCNC(C=C(C)C)c1cc(CC)nn1CC. The van der Waals surface area contributed by atoms with Crippen molar-refractivity contribution in [2.24, 2.45) is 0 Å². The first kappa shape index (κ1) is 14.0. The first-order valence-corrected chi connectivity index (χ1v) is 6.57. The zero-order valence-corrected chi connectivity index (χ0v) is 11.7. The van der Waals surface area contributed by atoms with Gasteiger partial charge in [-0.1, -0.05) is 25.5 Å². The second-order valence-electron chi connectivity index (χ2n) is 4.51. The molecule has 1 rings (SSSR count). The summed E-state index contributed by atoms with van der Waals surface area (Å²) in [5, 5.41) is 8.11. The third-order valence-electron chi connectivity index (χ3n) is 2.77. The molecule has 0 aliphatic heterocycles. The fourth-order valence-electron chi connectivity index (χ4n) is 1.97. The van der Waals surface area contributed by atoms with Crippen molar-refractivity contribution in [3.8, 4) is 0 Å². The van der Waals surface area contributed by atoms with Crippen LogP contribution in [-0.4, -0.2) is 16.3 Å². The van der Waals surface area contributed by atoms with Gasteiger partial charge in [-0.2, -0.15) is 5.10 Å². The standard InChI is InChI=1S/C14H25N3/c1-6-12-10-14(17(8-3)16-12)13(15-7-2)9-11(4)5/h9-10,13,15H,6-8H2,1-5H3. The number of nitrogens with one attached hydrogen (secondary N) is 1. The highest BCUT2D eigenvalue weighted by molar-refractivity contribution is 5.20. The summed E-state index contributed by atoms with van der Waals surface area (Å²) < 4.78 is 2.10. The Kier molecular flexibility index (Phi) is 5.42. The molecule has 0 aliphatic carbocycles. The molecule has 0 fully saturated rings. The van der Waals surface area contributed by atoms with Gasteiger partial charge in [0, 0.05) is 6.54 Å². The van der Waals surface area contributed by atoms with Crippen LogP contribution in [0.25, 0.3) is 0 Å². The molecule has 17 heavy (non-hydrogen) atoms. The molecule has 0 aliphatic rings. The first-order valence-electron chi connectivity index (χ1n) is 6.57. The lowest BCUT2D eigenvalue weighted by Crippen LogP contribution is -2.22. The van der Waals surface area contributed by atoms with E-state index in [2.05, 4.69) is 61.9 Å². The van der Waals surface area contributed by atoms with Gasteiger partial charge < -0.3 is 5.32 Å². The van der Waals surface area contributed by atoms with Crippen molar-refractivity contribution < 1.29 is 0 Å². The number of aromatic nitrogens is 2. The monoisotopic (exact) mass is 235 g/mol. The van der Waals surface area contributed by atoms with Crippen molar-refractivity contribution in [1.82, 2.24) is 15.1 Å². The molecule has 96 valence electrons. The molecule has 0 amide bonds. The topological polar surface area (TPSA) is 29.9 Å². The van der Waals surface area contributed by atoms with Crippen LogP contribution in [-0.2, 0) is 13.0 Å². The summed E-state index contributed by atoms with van der Waals surface area (Å²) in [6.45, 7) is 12.6. The fourth-order valence-corrected chi connectivity index (χ4v) is 1.97. The number of nitrogens with zero attached hydrogens (tertiary/aromatic N) is 2. The average Bonchev–Trinajstić information content (AvgIpc) is 2.71. The summed E-state index contributed by atoms with van der Waals surface area (Å²) in [5.41, 5.74) is 3.78. The van der Waals surface area contributed by atoms with E-state index in [1.807, 2.05) is 0 Å². The maximum absolute atomic E-state index is 4.61. The average molecular weight is 235 g/mol. The number of hydrogen-bond donors (Lipinski definition) is 1. The summed E-state index contributed by atoms with van der Waals surface area (Å²) >= 11 is 0. The molecule has 1 unspecified atom stereocenters. The molecule has 1 aromatic rings. The fraction of sp³-hybridized carbons (Fsp3) is 0.643.